The Hall–Kier alpha value is -2.76. The highest BCUT2D eigenvalue weighted by atomic mass is 16.3. The Kier molecular flexibility index (Phi) is 5.38. The van der Waals surface area contributed by atoms with E-state index in [1.807, 2.05) is 12.1 Å². The van der Waals surface area contributed by atoms with E-state index < -0.39 is 0 Å². The van der Waals surface area contributed by atoms with Crippen LogP contribution in [0.25, 0.3) is 0 Å². The largest absolute Gasteiger partial charge is 0.472 e. The first-order chi connectivity index (χ1) is 12.1. The summed E-state index contributed by atoms with van der Waals surface area (Å²) in [5, 5.41) is 2.62. The summed E-state index contributed by atoms with van der Waals surface area (Å²) in [6.45, 7) is 2.62. The lowest BCUT2D eigenvalue weighted by molar-refractivity contribution is -0.129. The smallest absolute Gasteiger partial charge is 0.254 e. The number of likely N-dealkylation sites (N-methyl/N-ethyl adjacent to an activating group) is 1. The number of rotatable bonds is 6. The Bertz CT molecular complexity index is 721. The van der Waals surface area contributed by atoms with Crippen LogP contribution in [-0.4, -0.2) is 43.4 Å². The second-order valence-corrected chi connectivity index (χ2v) is 6.27. The van der Waals surface area contributed by atoms with Crippen molar-refractivity contribution >= 4 is 17.5 Å². The summed E-state index contributed by atoms with van der Waals surface area (Å²) >= 11 is 0. The summed E-state index contributed by atoms with van der Waals surface area (Å²) in [5.41, 5.74) is 2.73. The molecule has 0 atom stereocenters. The molecule has 2 aromatic rings. The van der Waals surface area contributed by atoms with Crippen LogP contribution in [0.1, 0.15) is 28.8 Å². The van der Waals surface area contributed by atoms with Gasteiger partial charge in [0.25, 0.3) is 5.91 Å². The number of carbonyl (C=O) groups excluding carboxylic acids is 2. The molecule has 1 N–H and O–H groups in total. The van der Waals surface area contributed by atoms with E-state index in [0.717, 1.165) is 18.7 Å². The number of carbonyl (C=O) groups is 2. The van der Waals surface area contributed by atoms with Crippen molar-refractivity contribution in [2.45, 2.75) is 19.4 Å². The molecule has 0 bridgehead atoms. The van der Waals surface area contributed by atoms with Gasteiger partial charge in [0.05, 0.1) is 18.4 Å². The van der Waals surface area contributed by atoms with Crippen LogP contribution in [0.15, 0.2) is 47.3 Å². The lowest BCUT2D eigenvalue weighted by Crippen LogP contribution is -2.38. The van der Waals surface area contributed by atoms with Crippen molar-refractivity contribution < 1.29 is 14.0 Å². The minimum atomic E-state index is -0.312. The molecule has 3 rings (SSSR count). The van der Waals surface area contributed by atoms with Gasteiger partial charge >= 0.3 is 0 Å². The normalized spacial score (nSPS) is 13.7. The fourth-order valence-electron chi connectivity index (χ4n) is 3.04. The van der Waals surface area contributed by atoms with Crippen LogP contribution in [0.4, 0.5) is 5.69 Å². The van der Waals surface area contributed by atoms with E-state index in [4.69, 9.17) is 4.42 Å². The average Bonchev–Trinajstić information content (AvgIpc) is 3.33. The zero-order valence-corrected chi connectivity index (χ0v) is 14.4. The molecule has 2 amide bonds. The molecule has 1 aliphatic heterocycles. The van der Waals surface area contributed by atoms with E-state index in [-0.39, 0.29) is 18.4 Å². The number of hydrogen-bond donors (Lipinski definition) is 1. The van der Waals surface area contributed by atoms with E-state index in [2.05, 4.69) is 22.3 Å². The number of amides is 2. The fraction of sp³-hybridized carbons (Fsp3) is 0.368. The summed E-state index contributed by atoms with van der Waals surface area (Å²) in [5.74, 6) is -0.443. The van der Waals surface area contributed by atoms with Crippen molar-refractivity contribution in [2.24, 2.45) is 0 Å². The number of hydrogen-bond acceptors (Lipinski definition) is 4. The minimum Gasteiger partial charge on any atom is -0.472 e. The third-order valence-electron chi connectivity index (χ3n) is 4.46. The van der Waals surface area contributed by atoms with Crippen molar-refractivity contribution in [3.05, 3.63) is 54.0 Å². The van der Waals surface area contributed by atoms with E-state index in [9.17, 15) is 9.59 Å². The molecule has 1 saturated heterocycles. The molecule has 0 radical (unpaired) electrons. The highest BCUT2D eigenvalue weighted by Gasteiger charge is 2.18. The second kappa shape index (κ2) is 7.88. The molecule has 1 aliphatic rings. The van der Waals surface area contributed by atoms with Gasteiger partial charge in [-0.15, -0.1) is 0 Å². The first kappa shape index (κ1) is 17.1. The molecule has 1 fully saturated rings. The molecule has 1 aromatic carbocycles. The summed E-state index contributed by atoms with van der Waals surface area (Å²) in [7, 11) is 1.76. The number of benzene rings is 1. The van der Waals surface area contributed by atoms with Gasteiger partial charge in [-0.1, -0.05) is 18.2 Å². The third-order valence-corrected chi connectivity index (χ3v) is 4.46. The Labute approximate surface area is 147 Å². The molecular formula is C19H23N3O3. The predicted octanol–water partition coefficient (Wildman–Crippen LogP) is 2.27. The molecule has 6 heteroatoms. The van der Waals surface area contributed by atoms with Crippen LogP contribution in [0.3, 0.4) is 0 Å². The Morgan fingerprint density at radius 2 is 1.96 bits per heavy atom. The van der Waals surface area contributed by atoms with Crippen LogP contribution in [0.2, 0.25) is 0 Å². The maximum absolute atomic E-state index is 12.3. The summed E-state index contributed by atoms with van der Waals surface area (Å²) in [6.07, 6.45) is 5.21. The van der Waals surface area contributed by atoms with Crippen molar-refractivity contribution in [2.75, 3.05) is 31.6 Å². The van der Waals surface area contributed by atoms with Gasteiger partial charge in [0.2, 0.25) is 5.91 Å². The van der Waals surface area contributed by atoms with E-state index in [1.54, 1.807) is 18.0 Å². The summed E-state index contributed by atoms with van der Waals surface area (Å²) in [4.78, 5) is 28.2. The van der Waals surface area contributed by atoms with Crippen molar-refractivity contribution in [1.29, 1.82) is 0 Å². The van der Waals surface area contributed by atoms with Crippen LogP contribution in [-0.2, 0) is 11.3 Å². The number of nitrogens with one attached hydrogen (secondary N) is 1. The van der Waals surface area contributed by atoms with Gasteiger partial charge < -0.3 is 19.5 Å². The molecule has 0 saturated carbocycles. The summed E-state index contributed by atoms with van der Waals surface area (Å²) in [6, 6.07) is 9.76. The zero-order valence-electron chi connectivity index (χ0n) is 14.4. The molecule has 0 aliphatic carbocycles. The Morgan fingerprint density at radius 1 is 1.20 bits per heavy atom. The Morgan fingerprint density at radius 3 is 2.68 bits per heavy atom. The molecule has 25 heavy (non-hydrogen) atoms. The van der Waals surface area contributed by atoms with Crippen LogP contribution >= 0.6 is 0 Å². The van der Waals surface area contributed by atoms with Crippen molar-refractivity contribution in [3.8, 4) is 0 Å². The highest BCUT2D eigenvalue weighted by Crippen LogP contribution is 2.25. The second-order valence-electron chi connectivity index (χ2n) is 6.27. The zero-order chi connectivity index (χ0) is 17.6. The van der Waals surface area contributed by atoms with Crippen molar-refractivity contribution in [3.63, 3.8) is 0 Å². The van der Waals surface area contributed by atoms with E-state index in [1.165, 1.54) is 31.1 Å². The lowest BCUT2D eigenvalue weighted by atomic mass is 10.1. The molecule has 132 valence electrons. The van der Waals surface area contributed by atoms with Gasteiger partial charge in [0.1, 0.15) is 6.26 Å². The van der Waals surface area contributed by atoms with Crippen molar-refractivity contribution in [1.82, 2.24) is 10.2 Å². The monoisotopic (exact) mass is 341 g/mol. The van der Waals surface area contributed by atoms with Crippen LogP contribution in [0.5, 0.6) is 0 Å². The minimum absolute atomic E-state index is 0.0353. The number of nitrogens with zero attached hydrogens (tertiary/aromatic N) is 2. The lowest BCUT2D eigenvalue weighted by Gasteiger charge is -2.24. The topological polar surface area (TPSA) is 65.8 Å². The van der Waals surface area contributed by atoms with Gasteiger partial charge in [0.15, 0.2) is 0 Å². The predicted molar refractivity (Wildman–Crippen MR) is 95.4 cm³/mol. The molecule has 6 nitrogen and oxygen atoms in total. The van der Waals surface area contributed by atoms with Gasteiger partial charge in [-0.25, -0.2) is 0 Å². The van der Waals surface area contributed by atoms with Gasteiger partial charge in [-0.05, 0) is 30.5 Å². The number of furan rings is 1. The fourth-order valence-corrected chi connectivity index (χ4v) is 3.04. The quantitative estimate of drug-likeness (QED) is 0.875. The maximum atomic E-state index is 12.3. The van der Waals surface area contributed by atoms with Gasteiger partial charge in [-0.3, -0.25) is 9.59 Å². The highest BCUT2D eigenvalue weighted by molar-refractivity contribution is 5.96. The number of anilines is 1. The maximum Gasteiger partial charge on any atom is 0.254 e. The van der Waals surface area contributed by atoms with Crippen LogP contribution in [0, 0.1) is 0 Å². The molecule has 2 heterocycles. The first-order valence-corrected chi connectivity index (χ1v) is 8.52. The summed E-state index contributed by atoms with van der Waals surface area (Å²) < 4.78 is 4.87. The molecular weight excluding hydrogens is 318 g/mol. The molecule has 0 spiro atoms. The van der Waals surface area contributed by atoms with Gasteiger partial charge in [0, 0.05) is 32.4 Å². The average molecular weight is 341 g/mol. The van der Waals surface area contributed by atoms with Crippen LogP contribution < -0.4 is 10.2 Å². The Balaban J connectivity index is 1.57. The van der Waals surface area contributed by atoms with E-state index >= 15 is 0 Å². The molecule has 1 aromatic heterocycles. The third kappa shape index (κ3) is 4.21. The number of para-hydroxylation sites is 1. The first-order valence-electron chi connectivity index (χ1n) is 8.52. The van der Waals surface area contributed by atoms with E-state index in [0.29, 0.717) is 12.1 Å². The molecule has 0 unspecified atom stereocenters. The SMILES string of the molecule is CN(Cc1ccccc1N1CCCC1)C(=O)CNC(=O)c1ccoc1. The van der Waals surface area contributed by atoms with Gasteiger partial charge in [-0.2, -0.15) is 0 Å². The standard InChI is InChI=1S/C19H23N3O3/c1-21(18(23)12-20-19(24)16-8-11-25-14-16)13-15-6-2-3-7-17(15)22-9-4-5-10-22/h2-3,6-8,11,14H,4-5,9-10,12-13H2,1H3,(H,20,24).